The van der Waals surface area contributed by atoms with Crippen molar-refractivity contribution in [3.05, 3.63) is 70.3 Å². The van der Waals surface area contributed by atoms with Crippen LogP contribution in [0.25, 0.3) is 12.2 Å². The Kier molecular flexibility index (Phi) is 8.21. The summed E-state index contributed by atoms with van der Waals surface area (Å²) < 4.78 is 10.5. The molecule has 0 bridgehead atoms. The van der Waals surface area contributed by atoms with Crippen molar-refractivity contribution in [3.8, 4) is 0 Å². The highest BCUT2D eigenvalue weighted by atomic mass is 16.6. The molecule has 0 aliphatic carbocycles. The lowest BCUT2D eigenvalue weighted by Gasteiger charge is -2.29. The van der Waals surface area contributed by atoms with Crippen molar-refractivity contribution in [1.29, 1.82) is 0 Å². The fourth-order valence-corrected chi connectivity index (χ4v) is 3.75. The molecule has 8 nitrogen and oxygen atoms in total. The van der Waals surface area contributed by atoms with E-state index in [1.807, 2.05) is 36.4 Å². The van der Waals surface area contributed by atoms with Crippen molar-refractivity contribution in [1.82, 2.24) is 4.90 Å². The van der Waals surface area contributed by atoms with Gasteiger partial charge in [-0.05, 0) is 70.7 Å². The summed E-state index contributed by atoms with van der Waals surface area (Å²) >= 11 is 0. The van der Waals surface area contributed by atoms with Crippen LogP contribution in [0.3, 0.4) is 0 Å². The van der Waals surface area contributed by atoms with Gasteiger partial charge in [0, 0.05) is 17.7 Å². The molecule has 1 aliphatic heterocycles. The van der Waals surface area contributed by atoms with E-state index in [0.717, 1.165) is 16.7 Å². The molecule has 0 radical (unpaired) electrons. The summed E-state index contributed by atoms with van der Waals surface area (Å²) in [6.07, 6.45) is 3.85. The Balaban J connectivity index is 1.64. The largest absolute Gasteiger partial charge is 0.459 e. The van der Waals surface area contributed by atoms with Crippen LogP contribution in [0.2, 0.25) is 0 Å². The topological polar surface area (TPSA) is 111 Å². The number of rotatable bonds is 5. The lowest BCUT2D eigenvalue weighted by molar-refractivity contribution is -0.155. The molecule has 2 aromatic rings. The summed E-state index contributed by atoms with van der Waals surface area (Å²) in [7, 11) is 0. The number of fused-ring (bicyclic) bond motifs is 1. The molecule has 37 heavy (non-hydrogen) atoms. The highest BCUT2D eigenvalue weighted by Gasteiger charge is 2.27. The van der Waals surface area contributed by atoms with Gasteiger partial charge in [-0.25, -0.2) is 4.79 Å². The quantitative estimate of drug-likeness (QED) is 0.269. The minimum atomic E-state index is -0.729. The summed E-state index contributed by atoms with van der Waals surface area (Å²) in [5.74, 6) is -0.485. The number of amidine groups is 1. The van der Waals surface area contributed by atoms with Crippen LogP contribution in [0.5, 0.6) is 0 Å². The number of nitrogens with zero attached hydrogens (tertiary/aromatic N) is 2. The second-order valence-electron chi connectivity index (χ2n) is 10.9. The lowest BCUT2D eigenvalue weighted by Crippen LogP contribution is -2.42. The third-order valence-electron chi connectivity index (χ3n) is 5.32. The van der Waals surface area contributed by atoms with Gasteiger partial charge in [0.25, 0.3) is 5.91 Å². The first kappa shape index (κ1) is 27.6. The van der Waals surface area contributed by atoms with Crippen molar-refractivity contribution in [3.63, 3.8) is 0 Å². The van der Waals surface area contributed by atoms with Crippen LogP contribution in [-0.4, -0.2) is 53.0 Å². The van der Waals surface area contributed by atoms with E-state index in [9.17, 15) is 14.4 Å². The number of nitrogens with two attached hydrogens (primary N) is 1. The van der Waals surface area contributed by atoms with Crippen LogP contribution in [0.15, 0.2) is 47.5 Å². The van der Waals surface area contributed by atoms with Gasteiger partial charge in [0.2, 0.25) is 0 Å². The van der Waals surface area contributed by atoms with E-state index in [1.54, 1.807) is 59.7 Å². The SMILES string of the molecule is CC(C)(C)OC(=O)CN1CCc2cc(/C=C\c3ccc(/C(N)=N/C(=O)OC(C)(C)C)cc3)ccc2C1=O. The molecule has 0 saturated carbocycles. The molecular formula is C29H35N3O5. The fourth-order valence-electron chi connectivity index (χ4n) is 3.75. The number of benzene rings is 2. The lowest BCUT2D eigenvalue weighted by atomic mass is 9.96. The van der Waals surface area contributed by atoms with Crippen molar-refractivity contribution < 1.29 is 23.9 Å². The predicted molar refractivity (Wildman–Crippen MR) is 144 cm³/mol. The number of carbonyl (C=O) groups is 3. The van der Waals surface area contributed by atoms with Gasteiger partial charge in [0.1, 0.15) is 23.6 Å². The van der Waals surface area contributed by atoms with E-state index >= 15 is 0 Å². The molecule has 0 unspecified atom stereocenters. The summed E-state index contributed by atoms with van der Waals surface area (Å²) in [5, 5.41) is 0. The molecule has 1 aliphatic rings. The first-order chi connectivity index (χ1) is 17.2. The second-order valence-corrected chi connectivity index (χ2v) is 10.9. The number of hydrogen-bond acceptors (Lipinski definition) is 5. The predicted octanol–water partition coefficient (Wildman–Crippen LogP) is 4.84. The van der Waals surface area contributed by atoms with Gasteiger partial charge < -0.3 is 20.1 Å². The molecule has 0 aromatic heterocycles. The van der Waals surface area contributed by atoms with Crippen LogP contribution in [-0.2, 0) is 20.7 Å². The Morgan fingerprint density at radius 1 is 0.946 bits per heavy atom. The number of carbonyl (C=O) groups excluding carboxylic acids is 3. The van der Waals surface area contributed by atoms with E-state index in [1.165, 1.54) is 4.90 Å². The van der Waals surface area contributed by atoms with Gasteiger partial charge in [-0.3, -0.25) is 9.59 Å². The van der Waals surface area contributed by atoms with Gasteiger partial charge in [0.05, 0.1) is 0 Å². The third-order valence-corrected chi connectivity index (χ3v) is 5.32. The Labute approximate surface area is 218 Å². The molecule has 0 atom stereocenters. The first-order valence-electron chi connectivity index (χ1n) is 12.2. The van der Waals surface area contributed by atoms with Crippen molar-refractivity contribution in [2.75, 3.05) is 13.1 Å². The smallest absolute Gasteiger partial charge is 0.436 e. The standard InChI is InChI=1S/C29H35N3O5/c1-28(2,3)36-24(33)18-32-16-15-22-17-20(11-14-23(22)26(32)34)8-7-19-9-12-21(13-10-19)25(30)31-27(35)37-29(4,5)6/h7-14,17H,15-16,18H2,1-6H3,(H2,30,31,35)/b8-7-. The number of ether oxygens (including phenoxy) is 2. The first-order valence-corrected chi connectivity index (χ1v) is 12.2. The number of hydrogen-bond donors (Lipinski definition) is 1. The van der Waals surface area contributed by atoms with Gasteiger partial charge in [0.15, 0.2) is 0 Å². The minimum absolute atomic E-state index is 0.0554. The molecule has 1 heterocycles. The van der Waals surface area contributed by atoms with Crippen molar-refractivity contribution in [2.45, 2.75) is 59.2 Å². The number of amides is 2. The van der Waals surface area contributed by atoms with Crippen LogP contribution in [0, 0.1) is 0 Å². The Hall–Kier alpha value is -3.94. The maximum absolute atomic E-state index is 12.9. The summed E-state index contributed by atoms with van der Waals surface area (Å²) in [6.45, 7) is 11.1. The molecule has 0 saturated heterocycles. The fraction of sp³-hybridized carbons (Fsp3) is 0.379. The molecule has 2 N–H and O–H groups in total. The Bertz CT molecular complexity index is 1230. The van der Waals surface area contributed by atoms with E-state index in [-0.39, 0.29) is 18.3 Å². The molecule has 2 aromatic carbocycles. The number of aliphatic imine (C=N–C) groups is 1. The zero-order chi connectivity index (χ0) is 27.4. The Morgan fingerprint density at radius 3 is 2.16 bits per heavy atom. The summed E-state index contributed by atoms with van der Waals surface area (Å²) in [6, 6.07) is 13.0. The van der Waals surface area contributed by atoms with E-state index in [4.69, 9.17) is 15.2 Å². The average molecular weight is 506 g/mol. The normalized spacial score (nSPS) is 14.5. The van der Waals surface area contributed by atoms with Gasteiger partial charge >= 0.3 is 12.1 Å². The minimum Gasteiger partial charge on any atom is -0.459 e. The zero-order valence-electron chi connectivity index (χ0n) is 22.3. The highest BCUT2D eigenvalue weighted by Crippen LogP contribution is 2.22. The van der Waals surface area contributed by atoms with E-state index < -0.39 is 23.3 Å². The Morgan fingerprint density at radius 2 is 1.54 bits per heavy atom. The monoisotopic (exact) mass is 505 g/mol. The molecular weight excluding hydrogens is 470 g/mol. The highest BCUT2D eigenvalue weighted by molar-refractivity contribution is 6.03. The van der Waals surface area contributed by atoms with Crippen LogP contribution >= 0.6 is 0 Å². The maximum Gasteiger partial charge on any atom is 0.436 e. The van der Waals surface area contributed by atoms with E-state index in [2.05, 4.69) is 4.99 Å². The van der Waals surface area contributed by atoms with Crippen molar-refractivity contribution in [2.24, 2.45) is 10.7 Å². The van der Waals surface area contributed by atoms with Gasteiger partial charge in [-0.2, -0.15) is 4.99 Å². The van der Waals surface area contributed by atoms with Gasteiger partial charge in [-0.15, -0.1) is 0 Å². The third kappa shape index (κ3) is 8.31. The molecule has 0 spiro atoms. The number of esters is 1. The summed E-state index contributed by atoms with van der Waals surface area (Å²) in [4.78, 5) is 42.2. The van der Waals surface area contributed by atoms with Gasteiger partial charge in [-0.1, -0.05) is 48.6 Å². The zero-order valence-corrected chi connectivity index (χ0v) is 22.3. The average Bonchev–Trinajstić information content (AvgIpc) is 2.77. The maximum atomic E-state index is 12.9. The molecule has 8 heteroatoms. The van der Waals surface area contributed by atoms with Crippen LogP contribution in [0.4, 0.5) is 4.79 Å². The summed E-state index contributed by atoms with van der Waals surface area (Å²) in [5.41, 5.74) is 8.79. The van der Waals surface area contributed by atoms with Crippen LogP contribution in [0.1, 0.15) is 74.2 Å². The molecule has 2 amide bonds. The second kappa shape index (κ2) is 11.0. The molecule has 3 rings (SSSR count). The van der Waals surface area contributed by atoms with Crippen molar-refractivity contribution >= 4 is 36.0 Å². The molecule has 0 fully saturated rings. The van der Waals surface area contributed by atoms with E-state index in [0.29, 0.717) is 24.1 Å². The van der Waals surface area contributed by atoms with Crippen LogP contribution < -0.4 is 5.73 Å². The molecule has 196 valence electrons.